The van der Waals surface area contributed by atoms with Gasteiger partial charge in [-0.2, -0.15) is 0 Å². The summed E-state index contributed by atoms with van der Waals surface area (Å²) in [5.41, 5.74) is 2.66. The molecule has 1 unspecified atom stereocenters. The fourth-order valence-corrected chi connectivity index (χ4v) is 4.99. The summed E-state index contributed by atoms with van der Waals surface area (Å²) in [6.45, 7) is 3.79. The second kappa shape index (κ2) is 9.79. The van der Waals surface area contributed by atoms with Gasteiger partial charge in [0.05, 0.1) is 11.6 Å². The third kappa shape index (κ3) is 4.50. The van der Waals surface area contributed by atoms with E-state index in [4.69, 9.17) is 0 Å². The molecule has 2 N–H and O–H groups in total. The lowest BCUT2D eigenvalue weighted by Gasteiger charge is -2.34. The van der Waals surface area contributed by atoms with Crippen molar-refractivity contribution < 1.29 is 19.8 Å². The van der Waals surface area contributed by atoms with Gasteiger partial charge in [0.2, 0.25) is 0 Å². The summed E-state index contributed by atoms with van der Waals surface area (Å²) < 4.78 is 0.829. The lowest BCUT2D eigenvalue weighted by Crippen LogP contribution is -2.44. The molecule has 2 aliphatic heterocycles. The number of Topliss-reactive ketones (excluding diaryl/α,β-unsaturated/α-hetero) is 1. The standard InChI is InChI=1S/C28H26BrN3O4/c1-30-14-16-31(17-15-30)21-8-10-22(11-9-21)32-25(18-4-12-23(33)13-5-18)24(27(35)28(32)36)26(34)19-2-6-20(29)7-3-19/h2-13,25,33-34H,14-17H2,1H3/b26-24+. The molecule has 2 heterocycles. The molecular weight excluding hydrogens is 522 g/mol. The summed E-state index contributed by atoms with van der Waals surface area (Å²) in [4.78, 5) is 32.6. The zero-order valence-electron chi connectivity index (χ0n) is 19.8. The van der Waals surface area contributed by atoms with Gasteiger partial charge in [0.1, 0.15) is 11.5 Å². The Balaban J connectivity index is 1.57. The van der Waals surface area contributed by atoms with E-state index in [0.717, 1.165) is 36.3 Å². The van der Waals surface area contributed by atoms with Crippen molar-refractivity contribution in [3.05, 3.63) is 94.0 Å². The number of phenols is 1. The van der Waals surface area contributed by atoms with Crippen LogP contribution in [-0.4, -0.2) is 60.0 Å². The van der Waals surface area contributed by atoms with Crippen molar-refractivity contribution in [2.24, 2.45) is 0 Å². The molecule has 0 aliphatic carbocycles. The number of piperazine rings is 1. The van der Waals surface area contributed by atoms with Gasteiger partial charge in [-0.05, 0) is 61.1 Å². The molecule has 7 nitrogen and oxygen atoms in total. The number of hydrogen-bond donors (Lipinski definition) is 2. The number of aliphatic hydroxyl groups excluding tert-OH is 1. The highest BCUT2D eigenvalue weighted by atomic mass is 79.9. The molecule has 0 saturated carbocycles. The number of rotatable bonds is 4. The average molecular weight is 548 g/mol. The van der Waals surface area contributed by atoms with Crippen LogP contribution in [0.15, 0.2) is 82.8 Å². The van der Waals surface area contributed by atoms with E-state index in [2.05, 4.69) is 32.8 Å². The smallest absolute Gasteiger partial charge is 0.300 e. The Labute approximate surface area is 218 Å². The second-order valence-electron chi connectivity index (χ2n) is 9.07. The first kappa shape index (κ1) is 24.1. The zero-order chi connectivity index (χ0) is 25.4. The van der Waals surface area contributed by atoms with Gasteiger partial charge in [0, 0.05) is 47.6 Å². The monoisotopic (exact) mass is 547 g/mol. The fraction of sp³-hybridized carbons (Fsp3) is 0.214. The molecule has 3 aromatic carbocycles. The number of aromatic hydroxyl groups is 1. The number of amides is 1. The molecule has 2 fully saturated rings. The molecule has 1 atom stereocenters. The molecule has 0 bridgehead atoms. The SMILES string of the molecule is CN1CCN(c2ccc(N3C(=O)C(=O)/C(=C(/O)c4ccc(Br)cc4)C3c3ccc(O)cc3)cc2)CC1. The summed E-state index contributed by atoms with van der Waals surface area (Å²) in [7, 11) is 2.11. The summed E-state index contributed by atoms with van der Waals surface area (Å²) in [5, 5.41) is 21.0. The Hall–Kier alpha value is -3.62. The van der Waals surface area contributed by atoms with E-state index in [9.17, 15) is 19.8 Å². The molecule has 2 saturated heterocycles. The highest BCUT2D eigenvalue weighted by molar-refractivity contribution is 9.10. The maximum absolute atomic E-state index is 13.3. The van der Waals surface area contributed by atoms with Crippen molar-refractivity contribution in [3.8, 4) is 5.75 Å². The Morgan fingerprint density at radius 2 is 1.42 bits per heavy atom. The minimum atomic E-state index is -0.844. The van der Waals surface area contributed by atoms with Crippen LogP contribution < -0.4 is 9.80 Å². The van der Waals surface area contributed by atoms with Gasteiger partial charge in [0.15, 0.2) is 0 Å². The van der Waals surface area contributed by atoms with Crippen LogP contribution in [0.25, 0.3) is 5.76 Å². The molecule has 0 aromatic heterocycles. The predicted molar refractivity (Wildman–Crippen MR) is 143 cm³/mol. The number of nitrogens with zero attached hydrogens (tertiary/aromatic N) is 3. The van der Waals surface area contributed by atoms with Crippen molar-refractivity contribution in [1.29, 1.82) is 0 Å². The van der Waals surface area contributed by atoms with E-state index >= 15 is 0 Å². The van der Waals surface area contributed by atoms with E-state index in [1.807, 2.05) is 24.3 Å². The number of benzene rings is 3. The van der Waals surface area contributed by atoms with Crippen molar-refractivity contribution in [2.45, 2.75) is 6.04 Å². The number of aliphatic hydroxyl groups is 1. The Bertz CT molecular complexity index is 1310. The number of carbonyl (C=O) groups excluding carboxylic acids is 2. The minimum absolute atomic E-state index is 0.0103. The third-order valence-electron chi connectivity index (χ3n) is 6.77. The molecule has 8 heteroatoms. The first-order chi connectivity index (χ1) is 17.3. The van der Waals surface area contributed by atoms with Gasteiger partial charge >= 0.3 is 0 Å². The van der Waals surface area contributed by atoms with Crippen molar-refractivity contribution in [1.82, 2.24) is 4.90 Å². The number of hydrogen-bond acceptors (Lipinski definition) is 6. The predicted octanol–water partition coefficient (Wildman–Crippen LogP) is 4.53. The highest BCUT2D eigenvalue weighted by Gasteiger charge is 2.47. The van der Waals surface area contributed by atoms with Crippen molar-refractivity contribution in [3.63, 3.8) is 0 Å². The first-order valence-electron chi connectivity index (χ1n) is 11.7. The molecular formula is C28H26BrN3O4. The van der Waals surface area contributed by atoms with Gasteiger partial charge < -0.3 is 20.0 Å². The first-order valence-corrected chi connectivity index (χ1v) is 12.5. The number of halogens is 1. The fourth-order valence-electron chi connectivity index (χ4n) is 4.72. The van der Waals surface area contributed by atoms with E-state index in [1.165, 1.54) is 17.0 Å². The summed E-state index contributed by atoms with van der Waals surface area (Å²) >= 11 is 3.38. The van der Waals surface area contributed by atoms with Gasteiger partial charge in [0.25, 0.3) is 11.7 Å². The van der Waals surface area contributed by atoms with Gasteiger partial charge in [-0.25, -0.2) is 0 Å². The maximum Gasteiger partial charge on any atom is 0.300 e. The third-order valence-corrected chi connectivity index (χ3v) is 7.30. The molecule has 2 aliphatic rings. The lowest BCUT2D eigenvalue weighted by molar-refractivity contribution is -0.132. The Kier molecular flexibility index (Phi) is 6.55. The van der Waals surface area contributed by atoms with E-state index in [0.29, 0.717) is 16.8 Å². The normalized spacial score (nSPS) is 20.2. The molecule has 184 valence electrons. The quantitative estimate of drug-likeness (QED) is 0.283. The molecule has 36 heavy (non-hydrogen) atoms. The summed E-state index contributed by atoms with van der Waals surface area (Å²) in [6, 6.07) is 20.0. The van der Waals surface area contributed by atoms with Crippen molar-refractivity contribution in [2.75, 3.05) is 43.0 Å². The Morgan fingerprint density at radius 1 is 0.833 bits per heavy atom. The maximum atomic E-state index is 13.3. The van der Waals surface area contributed by atoms with E-state index < -0.39 is 17.7 Å². The van der Waals surface area contributed by atoms with Crippen LogP contribution in [-0.2, 0) is 9.59 Å². The minimum Gasteiger partial charge on any atom is -0.508 e. The highest BCUT2D eigenvalue weighted by Crippen LogP contribution is 2.42. The second-order valence-corrected chi connectivity index (χ2v) is 9.99. The molecule has 3 aromatic rings. The topological polar surface area (TPSA) is 84.3 Å². The van der Waals surface area contributed by atoms with E-state index in [-0.39, 0.29) is 17.1 Å². The molecule has 5 rings (SSSR count). The van der Waals surface area contributed by atoms with Crippen LogP contribution in [0.5, 0.6) is 5.75 Å². The van der Waals surface area contributed by atoms with Crippen LogP contribution in [0.2, 0.25) is 0 Å². The largest absolute Gasteiger partial charge is 0.508 e. The van der Waals surface area contributed by atoms with Crippen LogP contribution in [0.3, 0.4) is 0 Å². The van der Waals surface area contributed by atoms with Crippen LogP contribution >= 0.6 is 15.9 Å². The van der Waals surface area contributed by atoms with Gasteiger partial charge in [-0.1, -0.05) is 40.2 Å². The number of anilines is 2. The van der Waals surface area contributed by atoms with Crippen molar-refractivity contribution >= 4 is 44.8 Å². The number of phenolic OH excluding ortho intramolecular Hbond substituents is 1. The number of ketones is 1. The molecule has 0 spiro atoms. The average Bonchev–Trinajstić information content (AvgIpc) is 3.15. The lowest BCUT2D eigenvalue weighted by atomic mass is 9.95. The molecule has 1 amide bonds. The molecule has 0 radical (unpaired) electrons. The van der Waals surface area contributed by atoms with E-state index in [1.54, 1.807) is 36.4 Å². The Morgan fingerprint density at radius 3 is 2.03 bits per heavy atom. The van der Waals surface area contributed by atoms with Crippen LogP contribution in [0.1, 0.15) is 17.2 Å². The van der Waals surface area contributed by atoms with Gasteiger partial charge in [-0.3, -0.25) is 14.5 Å². The summed E-state index contributed by atoms with van der Waals surface area (Å²) in [5.74, 6) is -1.63. The van der Waals surface area contributed by atoms with Crippen LogP contribution in [0, 0.1) is 0 Å². The van der Waals surface area contributed by atoms with Crippen LogP contribution in [0.4, 0.5) is 11.4 Å². The summed E-state index contributed by atoms with van der Waals surface area (Å²) in [6.07, 6.45) is 0. The number of carbonyl (C=O) groups is 2. The number of likely N-dealkylation sites (N-methyl/N-ethyl adjacent to an activating group) is 1. The van der Waals surface area contributed by atoms with Gasteiger partial charge in [-0.15, -0.1) is 0 Å². The zero-order valence-corrected chi connectivity index (χ0v) is 21.4.